The van der Waals surface area contributed by atoms with Crippen LogP contribution in [-0.2, 0) is 4.79 Å². The molecule has 30 heavy (non-hydrogen) atoms. The van der Waals surface area contributed by atoms with Crippen LogP contribution >= 0.6 is 23.1 Å². The SMILES string of the molecule is CC(=O)N(c1nc(/C=C2\CSc3ccc(F)cc3C2=O)cs1)c1ccc(F)cc1F. The number of fused-ring (bicyclic) bond motifs is 1. The van der Waals surface area contributed by atoms with Gasteiger partial charge in [0.05, 0.1) is 11.4 Å². The Bertz CT molecular complexity index is 1210. The van der Waals surface area contributed by atoms with Crippen molar-refractivity contribution in [2.24, 2.45) is 0 Å². The third-order valence-corrected chi connectivity index (χ3v) is 6.32. The summed E-state index contributed by atoms with van der Waals surface area (Å²) in [6, 6.07) is 7.01. The van der Waals surface area contributed by atoms with E-state index in [-0.39, 0.29) is 16.6 Å². The Labute approximate surface area is 178 Å². The lowest BCUT2D eigenvalue weighted by Crippen LogP contribution is -2.23. The number of ketones is 1. The predicted octanol–water partition coefficient (Wildman–Crippen LogP) is 5.62. The fraction of sp³-hybridized carbons (Fsp3) is 0.0952. The molecule has 0 spiro atoms. The van der Waals surface area contributed by atoms with E-state index < -0.39 is 23.4 Å². The van der Waals surface area contributed by atoms with Gasteiger partial charge in [0.15, 0.2) is 10.9 Å². The minimum Gasteiger partial charge on any atom is -0.289 e. The fourth-order valence-electron chi connectivity index (χ4n) is 3.00. The van der Waals surface area contributed by atoms with E-state index in [0.29, 0.717) is 33.5 Å². The summed E-state index contributed by atoms with van der Waals surface area (Å²) in [5, 5.41) is 1.81. The number of Topliss-reactive ketones (excluding diaryl/α,β-unsaturated/α-hetero) is 1. The summed E-state index contributed by atoms with van der Waals surface area (Å²) in [7, 11) is 0. The Morgan fingerprint density at radius 2 is 1.87 bits per heavy atom. The summed E-state index contributed by atoms with van der Waals surface area (Å²) in [4.78, 5) is 30.9. The Morgan fingerprint density at radius 3 is 2.60 bits per heavy atom. The molecule has 2 heterocycles. The van der Waals surface area contributed by atoms with Crippen LogP contribution in [0.4, 0.5) is 24.0 Å². The summed E-state index contributed by atoms with van der Waals surface area (Å²) in [5.41, 5.74) is 1.03. The van der Waals surface area contributed by atoms with Crippen LogP contribution in [0.5, 0.6) is 0 Å². The normalized spacial score (nSPS) is 14.7. The molecule has 0 atom stereocenters. The van der Waals surface area contributed by atoms with E-state index >= 15 is 0 Å². The van der Waals surface area contributed by atoms with Crippen molar-refractivity contribution in [3.05, 3.63) is 76.1 Å². The van der Waals surface area contributed by atoms with Gasteiger partial charge in [0, 0.05) is 40.2 Å². The van der Waals surface area contributed by atoms with E-state index in [0.717, 1.165) is 22.3 Å². The van der Waals surface area contributed by atoms with Gasteiger partial charge < -0.3 is 0 Å². The van der Waals surface area contributed by atoms with E-state index in [1.165, 1.54) is 36.9 Å². The van der Waals surface area contributed by atoms with Gasteiger partial charge in [-0.25, -0.2) is 18.2 Å². The zero-order valence-electron chi connectivity index (χ0n) is 15.5. The molecule has 1 amide bonds. The molecule has 9 heteroatoms. The highest BCUT2D eigenvalue weighted by atomic mass is 32.2. The first-order valence-electron chi connectivity index (χ1n) is 8.72. The van der Waals surface area contributed by atoms with E-state index in [1.807, 2.05) is 0 Å². The highest BCUT2D eigenvalue weighted by Crippen LogP contribution is 2.35. The van der Waals surface area contributed by atoms with E-state index in [9.17, 15) is 22.8 Å². The van der Waals surface area contributed by atoms with Crippen LogP contribution in [0.3, 0.4) is 0 Å². The maximum Gasteiger partial charge on any atom is 0.230 e. The van der Waals surface area contributed by atoms with Crippen LogP contribution in [0.1, 0.15) is 23.0 Å². The number of carbonyl (C=O) groups excluding carboxylic acids is 2. The predicted molar refractivity (Wildman–Crippen MR) is 111 cm³/mol. The molecule has 152 valence electrons. The first-order chi connectivity index (χ1) is 14.3. The molecule has 0 aliphatic carbocycles. The summed E-state index contributed by atoms with van der Waals surface area (Å²) >= 11 is 2.50. The summed E-state index contributed by atoms with van der Waals surface area (Å²) in [5.74, 6) is -2.52. The first-order valence-corrected chi connectivity index (χ1v) is 10.6. The van der Waals surface area contributed by atoms with Crippen molar-refractivity contribution < 1.29 is 22.8 Å². The van der Waals surface area contributed by atoms with Gasteiger partial charge in [0.2, 0.25) is 5.91 Å². The summed E-state index contributed by atoms with van der Waals surface area (Å²) in [6.45, 7) is 1.25. The molecule has 0 bridgehead atoms. The minimum atomic E-state index is -0.891. The van der Waals surface area contributed by atoms with Crippen molar-refractivity contribution in [2.45, 2.75) is 11.8 Å². The van der Waals surface area contributed by atoms with E-state index in [4.69, 9.17) is 0 Å². The van der Waals surface area contributed by atoms with Gasteiger partial charge in [0.25, 0.3) is 0 Å². The lowest BCUT2D eigenvalue weighted by Gasteiger charge is -2.18. The van der Waals surface area contributed by atoms with Gasteiger partial charge in [-0.3, -0.25) is 14.5 Å². The molecule has 0 saturated heterocycles. The van der Waals surface area contributed by atoms with Crippen LogP contribution in [0.15, 0.2) is 52.2 Å². The number of amides is 1. The lowest BCUT2D eigenvalue weighted by molar-refractivity contribution is -0.115. The molecule has 0 N–H and O–H groups in total. The van der Waals surface area contributed by atoms with Gasteiger partial charge in [-0.15, -0.1) is 23.1 Å². The number of thioether (sulfide) groups is 1. The first kappa shape index (κ1) is 20.4. The molecule has 1 aliphatic rings. The molecule has 1 aromatic heterocycles. The van der Waals surface area contributed by atoms with Crippen LogP contribution in [-0.4, -0.2) is 22.4 Å². The zero-order chi connectivity index (χ0) is 21.4. The second-order valence-corrected chi connectivity index (χ2v) is 8.29. The molecule has 0 unspecified atom stereocenters. The smallest absolute Gasteiger partial charge is 0.230 e. The summed E-state index contributed by atoms with van der Waals surface area (Å²) < 4.78 is 41.0. The Balaban J connectivity index is 1.66. The van der Waals surface area contributed by atoms with Gasteiger partial charge >= 0.3 is 0 Å². The lowest BCUT2D eigenvalue weighted by atomic mass is 10.0. The molecule has 4 rings (SSSR count). The second-order valence-electron chi connectivity index (χ2n) is 6.43. The molecule has 0 radical (unpaired) electrons. The monoisotopic (exact) mass is 446 g/mol. The number of thiazole rings is 1. The average molecular weight is 446 g/mol. The van der Waals surface area contributed by atoms with Gasteiger partial charge in [-0.1, -0.05) is 0 Å². The topological polar surface area (TPSA) is 50.3 Å². The average Bonchev–Trinajstić information content (AvgIpc) is 3.14. The molecule has 2 aromatic carbocycles. The van der Waals surface area contributed by atoms with E-state index in [2.05, 4.69) is 4.98 Å². The zero-order valence-corrected chi connectivity index (χ0v) is 17.1. The number of aromatic nitrogens is 1. The van der Waals surface area contributed by atoms with Crippen LogP contribution < -0.4 is 4.90 Å². The van der Waals surface area contributed by atoms with Crippen molar-refractivity contribution in [3.63, 3.8) is 0 Å². The molecule has 0 saturated carbocycles. The summed E-state index contributed by atoms with van der Waals surface area (Å²) in [6.07, 6.45) is 1.57. The van der Waals surface area contributed by atoms with Crippen LogP contribution in [0, 0.1) is 17.5 Å². The number of carbonyl (C=O) groups is 2. The number of nitrogens with zero attached hydrogens (tertiary/aromatic N) is 2. The molecule has 3 aromatic rings. The fourth-order valence-corrected chi connectivity index (χ4v) is 4.83. The van der Waals surface area contributed by atoms with Crippen molar-refractivity contribution in [3.8, 4) is 0 Å². The Kier molecular flexibility index (Phi) is 5.48. The molecular formula is C21H13F3N2O2S2. The number of halogens is 3. The maximum atomic E-state index is 14.2. The highest BCUT2D eigenvalue weighted by molar-refractivity contribution is 7.99. The van der Waals surface area contributed by atoms with Crippen molar-refractivity contribution in [1.29, 1.82) is 0 Å². The van der Waals surface area contributed by atoms with Crippen molar-refractivity contribution >= 4 is 51.7 Å². The second kappa shape index (κ2) is 8.08. The Morgan fingerprint density at radius 1 is 1.13 bits per heavy atom. The number of hydrogen-bond donors (Lipinski definition) is 0. The molecular weight excluding hydrogens is 433 g/mol. The van der Waals surface area contributed by atoms with Gasteiger partial charge in [0.1, 0.15) is 17.5 Å². The van der Waals surface area contributed by atoms with Crippen molar-refractivity contribution in [1.82, 2.24) is 4.98 Å². The maximum absolute atomic E-state index is 14.2. The van der Waals surface area contributed by atoms with Gasteiger partial charge in [-0.2, -0.15) is 0 Å². The molecule has 1 aliphatic heterocycles. The third kappa shape index (κ3) is 3.90. The van der Waals surface area contributed by atoms with Crippen molar-refractivity contribution in [2.75, 3.05) is 10.7 Å². The standard InChI is InChI=1S/C21H13F3N2O2S2/c1-11(27)26(18-4-2-14(23)8-17(18)24)21-25-15(10-30-21)6-12-9-29-19-5-3-13(22)7-16(19)20(12)28/h2-8,10H,9H2,1H3/b12-6+. The quantitative estimate of drug-likeness (QED) is 0.490. The number of hydrogen-bond acceptors (Lipinski definition) is 5. The van der Waals surface area contributed by atoms with Crippen LogP contribution in [0.25, 0.3) is 6.08 Å². The molecule has 4 nitrogen and oxygen atoms in total. The van der Waals surface area contributed by atoms with Gasteiger partial charge in [-0.05, 0) is 36.4 Å². The number of benzene rings is 2. The van der Waals surface area contributed by atoms with Crippen LogP contribution in [0.2, 0.25) is 0 Å². The number of anilines is 2. The largest absolute Gasteiger partial charge is 0.289 e. The minimum absolute atomic E-state index is 0.119. The Hall–Kier alpha value is -2.91. The highest BCUT2D eigenvalue weighted by Gasteiger charge is 2.25. The third-order valence-electron chi connectivity index (χ3n) is 4.35. The number of rotatable bonds is 3. The molecule has 0 fully saturated rings. The van der Waals surface area contributed by atoms with E-state index in [1.54, 1.807) is 17.5 Å².